The van der Waals surface area contributed by atoms with Crippen LogP contribution in [0.15, 0.2) is 24.3 Å². The fourth-order valence-corrected chi connectivity index (χ4v) is 1.58. The molecule has 0 unspecified atom stereocenters. The van der Waals surface area contributed by atoms with E-state index in [9.17, 15) is 8.42 Å². The Bertz CT molecular complexity index is 408. The topological polar surface area (TPSA) is 63.6 Å². The quantitative estimate of drug-likeness (QED) is 0.798. The van der Waals surface area contributed by atoms with Crippen LogP contribution in [0.5, 0.6) is 5.75 Å². The molecule has 1 aromatic rings. The number of benzene rings is 1. The smallest absolute Gasteiger partial charge is 0.150 e. The second-order valence-corrected chi connectivity index (χ2v) is 5.86. The maximum atomic E-state index is 10.9. The Labute approximate surface area is 95.8 Å². The zero-order valence-electron chi connectivity index (χ0n) is 9.22. The fraction of sp³-hybridized carbons (Fsp3) is 0.455. The molecule has 0 saturated heterocycles. The number of sulfone groups is 1. The summed E-state index contributed by atoms with van der Waals surface area (Å²) in [4.78, 5) is 0. The van der Waals surface area contributed by atoms with Crippen molar-refractivity contribution in [3.05, 3.63) is 29.8 Å². The maximum Gasteiger partial charge on any atom is 0.150 e. The monoisotopic (exact) mass is 244 g/mol. The van der Waals surface area contributed by atoms with Gasteiger partial charge >= 0.3 is 0 Å². The molecule has 0 aliphatic rings. The van der Waals surface area contributed by atoms with E-state index in [4.69, 9.17) is 9.84 Å². The number of aliphatic hydroxyl groups is 1. The van der Waals surface area contributed by atoms with Crippen molar-refractivity contribution < 1.29 is 18.3 Å². The lowest BCUT2D eigenvalue weighted by molar-refractivity contribution is 0.299. The summed E-state index contributed by atoms with van der Waals surface area (Å²) >= 11 is 0. The van der Waals surface area contributed by atoms with E-state index < -0.39 is 9.84 Å². The average molecular weight is 244 g/mol. The molecule has 5 heteroatoms. The van der Waals surface area contributed by atoms with Crippen LogP contribution in [0.1, 0.15) is 5.56 Å². The van der Waals surface area contributed by atoms with Gasteiger partial charge in [0.2, 0.25) is 0 Å². The third-order valence-corrected chi connectivity index (χ3v) is 2.95. The summed E-state index contributed by atoms with van der Waals surface area (Å²) in [7, 11) is -2.97. The lowest BCUT2D eigenvalue weighted by atomic mass is 10.1. The molecule has 0 amide bonds. The summed E-state index contributed by atoms with van der Waals surface area (Å²) in [6.07, 6.45) is 1.80. The van der Waals surface area contributed by atoms with Crippen molar-refractivity contribution in [2.45, 2.75) is 6.42 Å². The van der Waals surface area contributed by atoms with E-state index in [1.54, 1.807) is 12.1 Å². The Balaban J connectivity index is 2.43. The van der Waals surface area contributed by atoms with Crippen molar-refractivity contribution >= 4 is 9.84 Å². The minimum Gasteiger partial charge on any atom is -0.493 e. The Morgan fingerprint density at radius 3 is 2.38 bits per heavy atom. The van der Waals surface area contributed by atoms with Crippen LogP contribution >= 0.6 is 0 Å². The minimum atomic E-state index is -2.97. The molecule has 4 nitrogen and oxygen atoms in total. The molecule has 0 aromatic heterocycles. The minimum absolute atomic E-state index is 0.0192. The lowest BCUT2D eigenvalue weighted by Gasteiger charge is -2.06. The summed E-state index contributed by atoms with van der Waals surface area (Å²) in [5.41, 5.74) is 1.03. The predicted molar refractivity (Wildman–Crippen MR) is 62.4 cm³/mol. The van der Waals surface area contributed by atoms with E-state index in [-0.39, 0.29) is 19.0 Å². The zero-order chi connectivity index (χ0) is 12.0. The molecular weight excluding hydrogens is 228 g/mol. The van der Waals surface area contributed by atoms with Gasteiger partial charge in [-0.15, -0.1) is 0 Å². The zero-order valence-corrected chi connectivity index (χ0v) is 10.0. The SMILES string of the molecule is CS(=O)(=O)CCOc1ccc(CCO)cc1. The molecule has 1 rings (SSSR count). The van der Waals surface area contributed by atoms with Gasteiger partial charge in [0.25, 0.3) is 0 Å². The van der Waals surface area contributed by atoms with Crippen molar-refractivity contribution in [1.82, 2.24) is 0 Å². The van der Waals surface area contributed by atoms with E-state index in [2.05, 4.69) is 0 Å². The van der Waals surface area contributed by atoms with Gasteiger partial charge < -0.3 is 9.84 Å². The van der Waals surface area contributed by atoms with Crippen LogP contribution in [0.4, 0.5) is 0 Å². The van der Waals surface area contributed by atoms with Gasteiger partial charge in [0, 0.05) is 12.9 Å². The van der Waals surface area contributed by atoms with Crippen molar-refractivity contribution in [2.75, 3.05) is 25.2 Å². The van der Waals surface area contributed by atoms with Gasteiger partial charge in [-0.05, 0) is 24.1 Å². The molecule has 0 fully saturated rings. The average Bonchev–Trinajstić information content (AvgIpc) is 2.19. The van der Waals surface area contributed by atoms with Crippen molar-refractivity contribution in [1.29, 1.82) is 0 Å². The van der Waals surface area contributed by atoms with E-state index in [0.717, 1.165) is 5.56 Å². The van der Waals surface area contributed by atoms with Gasteiger partial charge in [-0.25, -0.2) is 8.42 Å². The van der Waals surface area contributed by atoms with Crippen molar-refractivity contribution in [3.8, 4) is 5.75 Å². The maximum absolute atomic E-state index is 10.9. The molecule has 0 radical (unpaired) electrons. The van der Waals surface area contributed by atoms with Gasteiger partial charge in [0.05, 0.1) is 5.75 Å². The molecule has 0 bridgehead atoms. The third-order valence-electron chi connectivity index (χ3n) is 2.05. The van der Waals surface area contributed by atoms with Crippen LogP contribution in [0.25, 0.3) is 0 Å². The Kier molecular flexibility index (Phi) is 4.76. The second kappa shape index (κ2) is 5.86. The fourth-order valence-electron chi connectivity index (χ4n) is 1.19. The predicted octanol–water partition coefficient (Wildman–Crippen LogP) is 0.645. The summed E-state index contributed by atoms with van der Waals surface area (Å²) < 4.78 is 27.0. The number of hydrogen-bond donors (Lipinski definition) is 1. The summed E-state index contributed by atoms with van der Waals surface area (Å²) in [5.74, 6) is 0.663. The van der Waals surface area contributed by atoms with Gasteiger partial charge in [0.1, 0.15) is 12.4 Å². The molecule has 0 saturated carbocycles. The van der Waals surface area contributed by atoms with E-state index in [0.29, 0.717) is 12.2 Å². The Hall–Kier alpha value is -1.07. The van der Waals surface area contributed by atoms with Gasteiger partial charge in [-0.2, -0.15) is 0 Å². The molecule has 1 aromatic carbocycles. The van der Waals surface area contributed by atoms with Crippen molar-refractivity contribution in [2.24, 2.45) is 0 Å². The Morgan fingerprint density at radius 2 is 1.88 bits per heavy atom. The highest BCUT2D eigenvalue weighted by molar-refractivity contribution is 7.90. The van der Waals surface area contributed by atoms with Gasteiger partial charge in [-0.1, -0.05) is 12.1 Å². The highest BCUT2D eigenvalue weighted by Gasteiger charge is 2.02. The summed E-state index contributed by atoms with van der Waals surface area (Å²) in [6, 6.07) is 7.25. The van der Waals surface area contributed by atoms with Crippen LogP contribution in [-0.2, 0) is 16.3 Å². The van der Waals surface area contributed by atoms with Crippen LogP contribution in [0.3, 0.4) is 0 Å². The second-order valence-electron chi connectivity index (χ2n) is 3.60. The molecule has 0 heterocycles. The van der Waals surface area contributed by atoms with E-state index in [1.807, 2.05) is 12.1 Å². The first-order valence-electron chi connectivity index (χ1n) is 5.01. The molecule has 0 aliphatic heterocycles. The van der Waals surface area contributed by atoms with E-state index in [1.165, 1.54) is 6.26 Å². The van der Waals surface area contributed by atoms with Gasteiger partial charge in [0.15, 0.2) is 9.84 Å². The number of rotatable bonds is 6. The molecule has 90 valence electrons. The van der Waals surface area contributed by atoms with Crippen molar-refractivity contribution in [3.63, 3.8) is 0 Å². The van der Waals surface area contributed by atoms with Crippen LogP contribution in [-0.4, -0.2) is 38.7 Å². The number of hydrogen-bond acceptors (Lipinski definition) is 4. The molecule has 1 N–H and O–H groups in total. The molecule has 16 heavy (non-hydrogen) atoms. The first kappa shape index (κ1) is 13.0. The largest absolute Gasteiger partial charge is 0.493 e. The molecule has 0 spiro atoms. The lowest BCUT2D eigenvalue weighted by Crippen LogP contribution is -2.11. The van der Waals surface area contributed by atoms with Crippen LogP contribution in [0.2, 0.25) is 0 Å². The summed E-state index contributed by atoms with van der Waals surface area (Å²) in [6.45, 7) is 0.284. The number of aliphatic hydroxyl groups excluding tert-OH is 1. The first-order chi connectivity index (χ1) is 7.51. The van der Waals surface area contributed by atoms with Crippen LogP contribution in [0, 0.1) is 0 Å². The molecule has 0 aliphatic carbocycles. The highest BCUT2D eigenvalue weighted by Crippen LogP contribution is 2.12. The normalized spacial score (nSPS) is 11.4. The Morgan fingerprint density at radius 1 is 1.25 bits per heavy atom. The third kappa shape index (κ3) is 5.14. The first-order valence-corrected chi connectivity index (χ1v) is 7.07. The highest BCUT2D eigenvalue weighted by atomic mass is 32.2. The summed E-state index contributed by atoms with van der Waals surface area (Å²) in [5, 5.41) is 8.72. The molecular formula is C11H16O4S. The van der Waals surface area contributed by atoms with Crippen LogP contribution < -0.4 is 4.74 Å². The molecule has 0 atom stereocenters. The van der Waals surface area contributed by atoms with Gasteiger partial charge in [-0.3, -0.25) is 0 Å². The number of ether oxygens (including phenoxy) is 1. The standard InChI is InChI=1S/C11H16O4S/c1-16(13,14)9-8-15-11-4-2-10(3-5-11)6-7-12/h2-5,12H,6-9H2,1H3. The van der Waals surface area contributed by atoms with E-state index >= 15 is 0 Å².